The highest BCUT2D eigenvalue weighted by Gasteiger charge is 2.29. The van der Waals surface area contributed by atoms with Gasteiger partial charge in [0.1, 0.15) is 11.2 Å². The minimum Gasteiger partial charge on any atom is -0.471 e. The Morgan fingerprint density at radius 1 is 1.50 bits per heavy atom. The van der Waals surface area contributed by atoms with E-state index in [1.165, 1.54) is 23.3 Å². The van der Waals surface area contributed by atoms with Gasteiger partial charge in [0.15, 0.2) is 5.82 Å². The van der Waals surface area contributed by atoms with Gasteiger partial charge in [0.2, 0.25) is 5.95 Å². The maximum absolute atomic E-state index is 12.0. The van der Waals surface area contributed by atoms with Crippen molar-refractivity contribution in [2.75, 3.05) is 4.72 Å². The van der Waals surface area contributed by atoms with Crippen molar-refractivity contribution in [3.63, 3.8) is 0 Å². The van der Waals surface area contributed by atoms with Gasteiger partial charge in [-0.3, -0.25) is 0 Å². The number of aromatic nitrogens is 3. The van der Waals surface area contributed by atoms with Gasteiger partial charge in [0, 0.05) is 13.0 Å². The summed E-state index contributed by atoms with van der Waals surface area (Å²) < 4.78 is 32.5. The van der Waals surface area contributed by atoms with Gasteiger partial charge in [-0.2, -0.15) is 10.1 Å². The molecule has 1 N–H and O–H groups in total. The standard InChI is InChI=1S/C10H12N4O3S/c1-14-10(11-9(12-14)7-2-3-7)13-18(15,16)8-4-5-17-6-8/h4-7H,2-3H2,1H3,(H,11,12,13). The van der Waals surface area contributed by atoms with Crippen LogP contribution in [0.3, 0.4) is 0 Å². The Balaban J connectivity index is 1.88. The zero-order valence-corrected chi connectivity index (χ0v) is 10.5. The zero-order valence-electron chi connectivity index (χ0n) is 9.70. The molecule has 1 saturated carbocycles. The average Bonchev–Trinajstić information content (AvgIpc) is 2.86. The lowest BCUT2D eigenvalue weighted by Crippen LogP contribution is -2.15. The number of aryl methyl sites for hydroxylation is 1. The van der Waals surface area contributed by atoms with Crippen molar-refractivity contribution in [1.29, 1.82) is 0 Å². The number of anilines is 1. The number of hydrogen-bond donors (Lipinski definition) is 1. The second kappa shape index (κ2) is 3.84. The van der Waals surface area contributed by atoms with Crippen LogP contribution < -0.4 is 4.72 Å². The highest BCUT2D eigenvalue weighted by atomic mass is 32.2. The van der Waals surface area contributed by atoms with Gasteiger partial charge in [0.25, 0.3) is 10.0 Å². The molecular weight excluding hydrogens is 256 g/mol. The van der Waals surface area contributed by atoms with E-state index in [1.54, 1.807) is 7.05 Å². The van der Waals surface area contributed by atoms with E-state index in [-0.39, 0.29) is 10.8 Å². The molecule has 3 rings (SSSR count). The predicted octanol–water partition coefficient (Wildman–Crippen LogP) is 1.09. The quantitative estimate of drug-likeness (QED) is 0.896. The van der Waals surface area contributed by atoms with Crippen LogP contribution in [0.5, 0.6) is 0 Å². The van der Waals surface area contributed by atoms with Crippen LogP contribution in [0.1, 0.15) is 24.6 Å². The van der Waals surface area contributed by atoms with Gasteiger partial charge in [-0.05, 0) is 18.9 Å². The van der Waals surface area contributed by atoms with E-state index < -0.39 is 10.0 Å². The van der Waals surface area contributed by atoms with Crippen LogP contribution in [0.4, 0.5) is 5.95 Å². The molecule has 1 aliphatic rings. The summed E-state index contributed by atoms with van der Waals surface area (Å²) in [5, 5.41) is 4.19. The summed E-state index contributed by atoms with van der Waals surface area (Å²) in [5.74, 6) is 1.30. The summed E-state index contributed by atoms with van der Waals surface area (Å²) in [6, 6.07) is 1.38. The van der Waals surface area contributed by atoms with Crippen LogP contribution in [-0.4, -0.2) is 23.2 Å². The molecule has 2 aromatic rings. The lowest BCUT2D eigenvalue weighted by Gasteiger charge is -2.03. The van der Waals surface area contributed by atoms with E-state index in [1.807, 2.05) is 0 Å². The summed E-state index contributed by atoms with van der Waals surface area (Å²) in [6.07, 6.45) is 4.61. The van der Waals surface area contributed by atoms with Gasteiger partial charge in [-0.1, -0.05) is 0 Å². The number of nitrogens with zero attached hydrogens (tertiary/aromatic N) is 3. The third kappa shape index (κ3) is 1.99. The summed E-state index contributed by atoms with van der Waals surface area (Å²) >= 11 is 0. The van der Waals surface area contributed by atoms with Crippen molar-refractivity contribution in [2.24, 2.45) is 7.05 Å². The molecule has 96 valence electrons. The Hall–Kier alpha value is -1.83. The van der Waals surface area contributed by atoms with Crippen molar-refractivity contribution in [3.05, 3.63) is 24.4 Å². The van der Waals surface area contributed by atoms with Crippen molar-refractivity contribution in [2.45, 2.75) is 23.7 Å². The summed E-state index contributed by atoms with van der Waals surface area (Å²) in [7, 11) is -1.99. The molecule has 0 saturated heterocycles. The summed E-state index contributed by atoms with van der Waals surface area (Å²) in [6.45, 7) is 0. The van der Waals surface area contributed by atoms with Crippen molar-refractivity contribution < 1.29 is 12.8 Å². The first-order valence-corrected chi connectivity index (χ1v) is 7.00. The Morgan fingerprint density at radius 2 is 2.28 bits per heavy atom. The Kier molecular flexibility index (Phi) is 2.40. The summed E-state index contributed by atoms with van der Waals surface area (Å²) in [5.41, 5.74) is 0. The molecule has 18 heavy (non-hydrogen) atoms. The van der Waals surface area contributed by atoms with E-state index >= 15 is 0 Å². The van der Waals surface area contributed by atoms with Crippen molar-refractivity contribution in [1.82, 2.24) is 14.8 Å². The maximum atomic E-state index is 12.0. The van der Waals surface area contributed by atoms with E-state index in [9.17, 15) is 8.42 Å². The topological polar surface area (TPSA) is 90.0 Å². The first-order chi connectivity index (χ1) is 8.56. The number of hydrogen-bond acceptors (Lipinski definition) is 5. The Bertz CT molecular complexity index is 655. The third-order valence-corrected chi connectivity index (χ3v) is 4.06. The molecule has 8 heteroatoms. The molecular formula is C10H12N4O3S. The van der Waals surface area contributed by atoms with Crippen molar-refractivity contribution in [3.8, 4) is 0 Å². The third-order valence-electron chi connectivity index (χ3n) is 2.75. The largest absolute Gasteiger partial charge is 0.471 e. The minimum atomic E-state index is -3.65. The van der Waals surface area contributed by atoms with Crippen LogP contribution in [-0.2, 0) is 17.1 Å². The molecule has 2 heterocycles. The van der Waals surface area contributed by atoms with Gasteiger partial charge in [0.05, 0.1) is 6.26 Å². The molecule has 0 aliphatic heterocycles. The fourth-order valence-corrected chi connectivity index (χ4v) is 2.54. The van der Waals surface area contributed by atoms with Crippen LogP contribution in [0.25, 0.3) is 0 Å². The zero-order chi connectivity index (χ0) is 12.8. The first kappa shape index (κ1) is 11.3. The molecule has 0 spiro atoms. The molecule has 0 amide bonds. The van der Waals surface area contributed by atoms with E-state index in [0.717, 1.165) is 12.8 Å². The van der Waals surface area contributed by atoms with Crippen LogP contribution in [0, 0.1) is 0 Å². The smallest absolute Gasteiger partial charge is 0.267 e. The SMILES string of the molecule is Cn1nc(C2CC2)nc1NS(=O)(=O)c1ccoc1. The van der Waals surface area contributed by atoms with Crippen LogP contribution in [0.15, 0.2) is 27.9 Å². The van der Waals surface area contributed by atoms with Gasteiger partial charge >= 0.3 is 0 Å². The highest BCUT2D eigenvalue weighted by molar-refractivity contribution is 7.92. The second-order valence-electron chi connectivity index (χ2n) is 4.26. The molecule has 0 unspecified atom stereocenters. The molecule has 1 aliphatic carbocycles. The number of furan rings is 1. The average molecular weight is 268 g/mol. The van der Waals surface area contributed by atoms with Crippen LogP contribution >= 0.6 is 0 Å². The minimum absolute atomic E-state index is 0.0680. The van der Waals surface area contributed by atoms with E-state index in [4.69, 9.17) is 4.42 Å². The Labute approximate surface area is 104 Å². The lowest BCUT2D eigenvalue weighted by molar-refractivity contribution is 0.557. The number of nitrogens with one attached hydrogen (secondary N) is 1. The molecule has 0 bridgehead atoms. The van der Waals surface area contributed by atoms with Gasteiger partial charge in [-0.25, -0.2) is 17.8 Å². The maximum Gasteiger partial charge on any atom is 0.267 e. The molecule has 2 aromatic heterocycles. The molecule has 0 aromatic carbocycles. The predicted molar refractivity (Wildman–Crippen MR) is 62.5 cm³/mol. The lowest BCUT2D eigenvalue weighted by atomic mass is 10.4. The van der Waals surface area contributed by atoms with Crippen LogP contribution in [0.2, 0.25) is 0 Å². The molecule has 7 nitrogen and oxygen atoms in total. The highest BCUT2D eigenvalue weighted by Crippen LogP contribution is 2.38. The van der Waals surface area contributed by atoms with Crippen molar-refractivity contribution >= 4 is 16.0 Å². The normalized spacial score (nSPS) is 15.8. The van der Waals surface area contributed by atoms with Gasteiger partial charge < -0.3 is 4.42 Å². The molecule has 1 fully saturated rings. The fourth-order valence-electron chi connectivity index (χ4n) is 1.59. The Morgan fingerprint density at radius 3 is 2.89 bits per heavy atom. The fraction of sp³-hybridized carbons (Fsp3) is 0.400. The second-order valence-corrected chi connectivity index (χ2v) is 5.94. The molecule has 0 atom stereocenters. The first-order valence-electron chi connectivity index (χ1n) is 5.52. The van der Waals surface area contributed by atoms with E-state index in [0.29, 0.717) is 11.7 Å². The van der Waals surface area contributed by atoms with Gasteiger partial charge in [-0.15, -0.1) is 0 Å². The van der Waals surface area contributed by atoms with E-state index in [2.05, 4.69) is 14.8 Å². The summed E-state index contributed by atoms with van der Waals surface area (Å²) in [4.78, 5) is 4.27. The monoisotopic (exact) mass is 268 g/mol. The molecule has 0 radical (unpaired) electrons. The number of rotatable bonds is 4. The number of sulfonamides is 1.